The Balaban J connectivity index is 2.98. The van der Waals surface area contributed by atoms with Crippen molar-refractivity contribution in [1.29, 1.82) is 0 Å². The molecule has 27 heavy (non-hydrogen) atoms. The quantitative estimate of drug-likeness (QED) is 0.163. The second kappa shape index (κ2) is 23.5. The standard InChI is InChI=1S/C25H50NO/c1-2-3-4-5-6-7-8-9-10-11-12-13-14-15-16-17-18-19-20-21-22-23-24-25(26)27/h26H,2-24H2,1H3. The van der Waals surface area contributed by atoms with Crippen molar-refractivity contribution < 1.29 is 4.79 Å². The SMILES string of the molecule is CCCCCCCCCCCCCCCCCCCCCCCCC([NH])=O. The Morgan fingerprint density at radius 3 is 0.889 bits per heavy atom. The summed E-state index contributed by atoms with van der Waals surface area (Å²) in [6, 6.07) is 0. The summed E-state index contributed by atoms with van der Waals surface area (Å²) < 4.78 is 0. The number of unbranched alkanes of at least 4 members (excludes halogenated alkanes) is 21. The average Bonchev–Trinajstić information content (AvgIpc) is 2.65. The average molecular weight is 381 g/mol. The minimum atomic E-state index is -0.400. The highest BCUT2D eigenvalue weighted by atomic mass is 16.1. The number of amides is 1. The minimum absolute atomic E-state index is 0.400. The Morgan fingerprint density at radius 1 is 0.444 bits per heavy atom. The van der Waals surface area contributed by atoms with Gasteiger partial charge >= 0.3 is 0 Å². The van der Waals surface area contributed by atoms with E-state index in [4.69, 9.17) is 5.73 Å². The molecule has 0 aliphatic heterocycles. The van der Waals surface area contributed by atoms with Gasteiger partial charge in [0.15, 0.2) is 0 Å². The van der Waals surface area contributed by atoms with E-state index in [1.54, 1.807) is 0 Å². The lowest BCUT2D eigenvalue weighted by molar-refractivity contribution is -0.118. The maximum Gasteiger partial charge on any atom is 0.238 e. The van der Waals surface area contributed by atoms with Gasteiger partial charge in [-0.1, -0.05) is 142 Å². The van der Waals surface area contributed by atoms with E-state index in [0.717, 1.165) is 12.8 Å². The topological polar surface area (TPSA) is 40.9 Å². The third-order valence-electron chi connectivity index (χ3n) is 5.76. The van der Waals surface area contributed by atoms with E-state index in [1.165, 1.54) is 128 Å². The number of carbonyl (C=O) groups is 1. The first-order valence-electron chi connectivity index (χ1n) is 12.5. The van der Waals surface area contributed by atoms with Crippen molar-refractivity contribution in [2.45, 2.75) is 155 Å². The van der Waals surface area contributed by atoms with Crippen molar-refractivity contribution in [3.8, 4) is 0 Å². The van der Waals surface area contributed by atoms with Gasteiger partial charge in [0, 0.05) is 6.42 Å². The molecule has 0 aliphatic rings. The molecular weight excluding hydrogens is 330 g/mol. The molecule has 0 aliphatic carbocycles. The fourth-order valence-electron chi connectivity index (χ4n) is 3.89. The molecule has 161 valence electrons. The predicted octanol–water partition coefficient (Wildman–Crippen LogP) is 8.79. The molecule has 2 nitrogen and oxygen atoms in total. The van der Waals surface area contributed by atoms with Crippen LogP contribution in [-0.4, -0.2) is 5.91 Å². The number of carbonyl (C=O) groups excluding carboxylic acids is 1. The summed E-state index contributed by atoms with van der Waals surface area (Å²) in [6.07, 6.45) is 30.9. The van der Waals surface area contributed by atoms with Gasteiger partial charge in [0.05, 0.1) is 0 Å². The molecule has 1 radical (unpaired) electrons. The van der Waals surface area contributed by atoms with E-state index in [9.17, 15) is 4.79 Å². The van der Waals surface area contributed by atoms with E-state index in [1.807, 2.05) is 0 Å². The summed E-state index contributed by atoms with van der Waals surface area (Å²) >= 11 is 0. The second-order valence-electron chi connectivity index (χ2n) is 8.60. The van der Waals surface area contributed by atoms with Crippen LogP contribution in [-0.2, 0) is 4.79 Å². The highest BCUT2D eigenvalue weighted by Crippen LogP contribution is 2.15. The van der Waals surface area contributed by atoms with Crippen LogP contribution in [0.5, 0.6) is 0 Å². The van der Waals surface area contributed by atoms with Crippen LogP contribution in [0.25, 0.3) is 0 Å². The highest BCUT2D eigenvalue weighted by Gasteiger charge is 1.97. The van der Waals surface area contributed by atoms with Crippen LogP contribution in [0.3, 0.4) is 0 Å². The van der Waals surface area contributed by atoms with Gasteiger partial charge in [-0.2, -0.15) is 0 Å². The molecule has 0 fully saturated rings. The molecular formula is C25H50NO. The summed E-state index contributed by atoms with van der Waals surface area (Å²) in [5.74, 6) is -0.400. The summed E-state index contributed by atoms with van der Waals surface area (Å²) in [5.41, 5.74) is 6.86. The van der Waals surface area contributed by atoms with Gasteiger partial charge in [0.1, 0.15) is 0 Å². The Kier molecular flexibility index (Phi) is 23.0. The van der Waals surface area contributed by atoms with Gasteiger partial charge in [-0.15, -0.1) is 0 Å². The molecule has 0 aromatic heterocycles. The van der Waals surface area contributed by atoms with Crippen LogP contribution in [0.15, 0.2) is 0 Å². The van der Waals surface area contributed by atoms with E-state index < -0.39 is 5.91 Å². The summed E-state index contributed by atoms with van der Waals surface area (Å²) in [5, 5.41) is 0. The van der Waals surface area contributed by atoms with Crippen LogP contribution in [0.1, 0.15) is 155 Å². The van der Waals surface area contributed by atoms with E-state index in [-0.39, 0.29) is 0 Å². The Hall–Kier alpha value is -0.530. The Bertz CT molecular complexity index is 290. The van der Waals surface area contributed by atoms with Crippen molar-refractivity contribution in [3.05, 3.63) is 0 Å². The summed E-state index contributed by atoms with van der Waals surface area (Å²) in [6.45, 7) is 2.29. The maximum absolute atomic E-state index is 10.5. The lowest BCUT2D eigenvalue weighted by atomic mass is 10.0. The molecule has 0 aromatic carbocycles. The van der Waals surface area contributed by atoms with Crippen LogP contribution in [0.2, 0.25) is 0 Å². The normalized spacial score (nSPS) is 11.1. The summed E-state index contributed by atoms with van der Waals surface area (Å²) in [7, 11) is 0. The molecule has 0 rings (SSSR count). The van der Waals surface area contributed by atoms with E-state index >= 15 is 0 Å². The second-order valence-corrected chi connectivity index (χ2v) is 8.60. The van der Waals surface area contributed by atoms with Crippen molar-refractivity contribution in [2.75, 3.05) is 0 Å². The van der Waals surface area contributed by atoms with E-state index in [2.05, 4.69) is 6.92 Å². The molecule has 1 N–H and O–H groups in total. The molecule has 0 aromatic rings. The summed E-state index contributed by atoms with van der Waals surface area (Å²) in [4.78, 5) is 10.5. The molecule has 0 saturated heterocycles. The van der Waals surface area contributed by atoms with E-state index in [0.29, 0.717) is 6.42 Å². The van der Waals surface area contributed by atoms with Crippen LogP contribution < -0.4 is 5.73 Å². The smallest absolute Gasteiger partial charge is 0.238 e. The van der Waals surface area contributed by atoms with Crippen LogP contribution in [0.4, 0.5) is 0 Å². The number of rotatable bonds is 23. The zero-order valence-corrected chi connectivity index (χ0v) is 18.7. The molecule has 0 saturated carbocycles. The maximum atomic E-state index is 10.5. The van der Waals surface area contributed by atoms with Gasteiger partial charge in [0.2, 0.25) is 5.91 Å². The van der Waals surface area contributed by atoms with Crippen molar-refractivity contribution in [1.82, 2.24) is 5.73 Å². The zero-order chi connectivity index (χ0) is 19.8. The minimum Gasteiger partial charge on any atom is -0.273 e. The van der Waals surface area contributed by atoms with Crippen LogP contribution >= 0.6 is 0 Å². The molecule has 1 amide bonds. The van der Waals surface area contributed by atoms with Crippen molar-refractivity contribution in [2.24, 2.45) is 0 Å². The van der Waals surface area contributed by atoms with Crippen molar-refractivity contribution >= 4 is 5.91 Å². The lowest BCUT2D eigenvalue weighted by Crippen LogP contribution is -1.96. The van der Waals surface area contributed by atoms with Gasteiger partial charge in [-0.3, -0.25) is 10.5 Å². The van der Waals surface area contributed by atoms with Gasteiger partial charge in [-0.25, -0.2) is 0 Å². The monoisotopic (exact) mass is 380 g/mol. The first kappa shape index (κ1) is 26.5. The molecule has 2 heteroatoms. The molecule has 0 bridgehead atoms. The first-order valence-corrected chi connectivity index (χ1v) is 12.5. The highest BCUT2D eigenvalue weighted by molar-refractivity contribution is 5.72. The largest absolute Gasteiger partial charge is 0.273 e. The molecule has 0 spiro atoms. The predicted molar refractivity (Wildman–Crippen MR) is 120 cm³/mol. The van der Waals surface area contributed by atoms with Gasteiger partial charge < -0.3 is 0 Å². The fourth-order valence-corrected chi connectivity index (χ4v) is 3.89. The number of hydrogen-bond acceptors (Lipinski definition) is 1. The molecule has 0 atom stereocenters. The number of hydrogen-bond donors (Lipinski definition) is 0. The lowest BCUT2D eigenvalue weighted by Gasteiger charge is -2.04. The number of nitrogens with one attached hydrogen (secondary N) is 1. The zero-order valence-electron chi connectivity index (χ0n) is 18.7. The third-order valence-corrected chi connectivity index (χ3v) is 5.76. The van der Waals surface area contributed by atoms with Crippen LogP contribution in [0, 0.1) is 0 Å². The first-order chi connectivity index (χ1) is 13.3. The molecule has 0 unspecified atom stereocenters. The van der Waals surface area contributed by atoms with Crippen molar-refractivity contribution in [3.63, 3.8) is 0 Å². The Labute approximate surface area is 171 Å². The fraction of sp³-hybridized carbons (Fsp3) is 0.960. The third kappa shape index (κ3) is 25.5. The Morgan fingerprint density at radius 2 is 0.667 bits per heavy atom. The van der Waals surface area contributed by atoms with Gasteiger partial charge in [-0.05, 0) is 6.42 Å². The van der Waals surface area contributed by atoms with Gasteiger partial charge in [0.25, 0.3) is 0 Å². The molecule has 0 heterocycles.